The average molecular weight is 772 g/mol. The molecule has 9 aromatic rings. The molecule has 0 fully saturated rings. The fourth-order valence-electron chi connectivity index (χ4n) is 7.46. The maximum atomic E-state index is 8.32. The Morgan fingerprint density at radius 1 is 0.667 bits per heavy atom. The van der Waals surface area contributed by atoms with Crippen LogP contribution in [0.15, 0.2) is 181 Å². The summed E-state index contributed by atoms with van der Waals surface area (Å²) in [4.78, 5) is 4.88. The summed E-state index contributed by atoms with van der Waals surface area (Å²) < 4.78 is 3.96. The highest BCUT2D eigenvalue weighted by Crippen LogP contribution is 2.48. The number of hydrogen-bond acceptors (Lipinski definition) is 4. The van der Waals surface area contributed by atoms with Gasteiger partial charge in [0.25, 0.3) is 0 Å². The first-order valence-electron chi connectivity index (χ1n) is 19.0. The van der Waals surface area contributed by atoms with Crippen LogP contribution in [0, 0.1) is 17.7 Å². The van der Waals surface area contributed by atoms with Gasteiger partial charge in [0.2, 0.25) is 0 Å². The van der Waals surface area contributed by atoms with Gasteiger partial charge < -0.3 is 5.41 Å². The van der Waals surface area contributed by atoms with E-state index in [1.165, 1.54) is 80.3 Å². The predicted octanol–water partition coefficient (Wildman–Crippen LogP) is 14.7. The lowest BCUT2D eigenvalue weighted by Crippen LogP contribution is -2.04. The normalized spacial score (nSPS) is 12.9. The van der Waals surface area contributed by atoms with Gasteiger partial charge in [-0.2, -0.15) is 0 Å². The van der Waals surface area contributed by atoms with Crippen LogP contribution in [0.3, 0.4) is 0 Å². The summed E-state index contributed by atoms with van der Waals surface area (Å²) in [7, 11) is 0. The topological polar surface area (TPSA) is 60.1 Å². The van der Waals surface area contributed by atoms with Gasteiger partial charge in [0.1, 0.15) is 0 Å². The molecule has 1 unspecified atom stereocenters. The number of aryl methyl sites for hydroxylation is 1. The van der Waals surface area contributed by atoms with E-state index in [-0.39, 0.29) is 5.84 Å². The highest BCUT2D eigenvalue weighted by molar-refractivity contribution is 7.26. The number of amidine groups is 1. The van der Waals surface area contributed by atoms with Crippen molar-refractivity contribution in [3.63, 3.8) is 0 Å². The SMILES string of the molecule is C=NC(=N)c1ccccc1.Cc1ccccc1.N=Cc1ccc(C2C=Cc3sc4ccccc4c3C2)c2sc3c(-c4ccccc4)cc(-c4ccccc4)cc3c12. The van der Waals surface area contributed by atoms with Gasteiger partial charge in [0.05, 0.1) is 0 Å². The number of fused-ring (bicyclic) bond motifs is 6. The quantitative estimate of drug-likeness (QED) is 0.129. The monoisotopic (exact) mass is 771 g/mol. The van der Waals surface area contributed by atoms with E-state index in [2.05, 4.69) is 152 Å². The van der Waals surface area contributed by atoms with E-state index in [0.717, 1.165) is 17.5 Å². The lowest BCUT2D eigenvalue weighted by molar-refractivity contribution is 0.846. The number of nitrogens with zero attached hydrogens (tertiary/aromatic N) is 1. The molecule has 0 bridgehead atoms. The van der Waals surface area contributed by atoms with E-state index < -0.39 is 0 Å². The Morgan fingerprint density at radius 3 is 1.95 bits per heavy atom. The third kappa shape index (κ3) is 7.94. The van der Waals surface area contributed by atoms with Crippen molar-refractivity contribution >= 4 is 77.8 Å². The smallest absolute Gasteiger partial charge is 0.151 e. The summed E-state index contributed by atoms with van der Waals surface area (Å²) in [6, 6.07) is 58.8. The van der Waals surface area contributed by atoms with Crippen molar-refractivity contribution in [2.45, 2.75) is 19.3 Å². The predicted molar refractivity (Wildman–Crippen MR) is 249 cm³/mol. The highest BCUT2D eigenvalue weighted by Gasteiger charge is 2.24. The van der Waals surface area contributed by atoms with Crippen molar-refractivity contribution in [2.75, 3.05) is 0 Å². The molecule has 0 saturated carbocycles. The van der Waals surface area contributed by atoms with Gasteiger partial charge in [-0.1, -0.05) is 163 Å². The Morgan fingerprint density at radius 2 is 1.30 bits per heavy atom. The van der Waals surface area contributed by atoms with Gasteiger partial charge in [-0.25, -0.2) is 4.99 Å². The molecule has 0 spiro atoms. The number of aliphatic imine (C=N–C) groups is 1. The molecule has 5 heteroatoms. The summed E-state index contributed by atoms with van der Waals surface area (Å²) in [5.74, 6) is 0.523. The van der Waals surface area contributed by atoms with Crippen molar-refractivity contribution < 1.29 is 0 Å². The number of hydrogen-bond donors (Lipinski definition) is 2. The third-order valence-corrected chi connectivity index (χ3v) is 12.8. The van der Waals surface area contributed by atoms with Crippen LogP contribution in [0.1, 0.15) is 38.6 Å². The number of allylic oxidation sites excluding steroid dienone is 1. The zero-order chi connectivity index (χ0) is 39.1. The molecular formula is C52H41N3S2. The first-order chi connectivity index (χ1) is 28.0. The van der Waals surface area contributed by atoms with Crippen LogP contribution in [0.25, 0.3) is 58.6 Å². The molecule has 2 N–H and O–H groups in total. The van der Waals surface area contributed by atoms with Crippen LogP contribution in [0.2, 0.25) is 0 Å². The summed E-state index contributed by atoms with van der Waals surface area (Å²) in [6.45, 7) is 5.35. The lowest BCUT2D eigenvalue weighted by atomic mass is 9.85. The molecule has 2 aromatic heterocycles. The van der Waals surface area contributed by atoms with Crippen molar-refractivity contribution in [3.05, 3.63) is 209 Å². The molecule has 1 atom stereocenters. The molecule has 2 heterocycles. The van der Waals surface area contributed by atoms with E-state index in [1.54, 1.807) is 0 Å². The van der Waals surface area contributed by atoms with Gasteiger partial charge in [-0.15, -0.1) is 22.7 Å². The van der Waals surface area contributed by atoms with Gasteiger partial charge >= 0.3 is 0 Å². The zero-order valence-corrected chi connectivity index (χ0v) is 33.3. The molecule has 1 aliphatic rings. The fourth-order valence-corrected chi connectivity index (χ4v) is 10.0. The van der Waals surface area contributed by atoms with Crippen LogP contribution in [-0.2, 0) is 6.42 Å². The first kappa shape index (κ1) is 37.4. The van der Waals surface area contributed by atoms with Gasteiger partial charge in [0, 0.05) is 58.6 Å². The Hall–Kier alpha value is -6.53. The molecular weight excluding hydrogens is 731 g/mol. The molecule has 276 valence electrons. The molecule has 57 heavy (non-hydrogen) atoms. The van der Waals surface area contributed by atoms with Crippen molar-refractivity contribution in [3.8, 4) is 22.3 Å². The Balaban J connectivity index is 0.000000222. The third-order valence-electron chi connectivity index (χ3n) is 10.3. The van der Waals surface area contributed by atoms with Crippen molar-refractivity contribution in [1.29, 1.82) is 10.8 Å². The van der Waals surface area contributed by atoms with Gasteiger partial charge in [-0.3, -0.25) is 5.41 Å². The van der Waals surface area contributed by atoms with Gasteiger partial charge in [-0.05, 0) is 77.5 Å². The minimum Gasteiger partial charge on any atom is -0.308 e. The van der Waals surface area contributed by atoms with Crippen LogP contribution in [0.5, 0.6) is 0 Å². The zero-order valence-electron chi connectivity index (χ0n) is 31.7. The number of nitrogens with one attached hydrogen (secondary N) is 2. The second-order valence-corrected chi connectivity index (χ2v) is 16.1. The molecule has 3 nitrogen and oxygen atoms in total. The first-order valence-corrected chi connectivity index (χ1v) is 20.6. The maximum Gasteiger partial charge on any atom is 0.151 e. The Bertz CT molecular complexity index is 2870. The standard InChI is InChI=1S/C37H25NS2.C8H8N2.C7H8/c38-22-26-15-17-28(25-16-18-34-31(19-25)29-13-7-8-14-33(29)39-34)37-35(26)32-21-27(23-9-3-1-4-10-23)20-30(36(32)40-37)24-11-5-2-6-12-24;1-10-8(9)7-5-3-2-4-6-7;1-7-5-3-2-4-6-7/h1-18,20-22,25,38H,19H2;2-6,9H,1H2;2-6H,1H3. The van der Waals surface area contributed by atoms with Crippen LogP contribution >= 0.6 is 22.7 Å². The average Bonchev–Trinajstić information content (AvgIpc) is 3.86. The largest absolute Gasteiger partial charge is 0.308 e. The summed E-state index contributed by atoms with van der Waals surface area (Å²) in [5, 5.41) is 19.4. The van der Waals surface area contributed by atoms with E-state index >= 15 is 0 Å². The van der Waals surface area contributed by atoms with Crippen LogP contribution in [-0.4, -0.2) is 18.8 Å². The molecule has 0 radical (unpaired) electrons. The molecule has 10 rings (SSSR count). The minimum atomic E-state index is 0.223. The Kier molecular flexibility index (Phi) is 11.2. The highest BCUT2D eigenvalue weighted by atomic mass is 32.1. The summed E-state index contributed by atoms with van der Waals surface area (Å²) in [6.07, 6.45) is 7.26. The molecule has 7 aromatic carbocycles. The molecule has 0 amide bonds. The molecule has 0 saturated heterocycles. The van der Waals surface area contributed by atoms with Crippen LogP contribution < -0.4 is 0 Å². The number of thiophene rings is 2. The van der Waals surface area contributed by atoms with Crippen molar-refractivity contribution in [1.82, 2.24) is 0 Å². The molecule has 1 aliphatic carbocycles. The van der Waals surface area contributed by atoms with E-state index in [0.29, 0.717) is 5.92 Å². The molecule has 0 aliphatic heterocycles. The van der Waals surface area contributed by atoms with Gasteiger partial charge in [0.15, 0.2) is 5.84 Å². The number of rotatable bonds is 5. The van der Waals surface area contributed by atoms with E-state index in [4.69, 9.17) is 10.8 Å². The number of benzene rings is 7. The van der Waals surface area contributed by atoms with Crippen LogP contribution in [0.4, 0.5) is 0 Å². The summed E-state index contributed by atoms with van der Waals surface area (Å²) >= 11 is 3.78. The van der Waals surface area contributed by atoms with E-state index in [1.807, 2.05) is 71.2 Å². The fraction of sp³-hybridized carbons (Fsp3) is 0.0577. The minimum absolute atomic E-state index is 0.223. The second-order valence-electron chi connectivity index (χ2n) is 14.0. The lowest BCUT2D eigenvalue weighted by Gasteiger charge is -2.19. The summed E-state index contributed by atoms with van der Waals surface area (Å²) in [5.41, 5.74) is 10.8. The van der Waals surface area contributed by atoms with E-state index in [9.17, 15) is 0 Å². The van der Waals surface area contributed by atoms with Crippen molar-refractivity contribution in [2.24, 2.45) is 4.99 Å². The second kappa shape index (κ2) is 17.1. The maximum absolute atomic E-state index is 8.32. The Labute approximate surface area is 342 Å².